The molecule has 0 saturated heterocycles. The topological polar surface area (TPSA) is 81.2 Å². The van der Waals surface area contributed by atoms with E-state index in [-0.39, 0.29) is 11.5 Å². The van der Waals surface area contributed by atoms with Gasteiger partial charge in [-0.25, -0.2) is 14.8 Å². The molecule has 0 aliphatic carbocycles. The number of anilines is 1. The Balaban J connectivity index is 1.57. The van der Waals surface area contributed by atoms with Gasteiger partial charge in [0, 0.05) is 16.7 Å². The molecule has 0 fully saturated rings. The smallest absolute Gasteiger partial charge is 0.339 e. The molecule has 5 aromatic rings. The number of nitrogens with zero attached hydrogens (tertiary/aromatic N) is 2. The summed E-state index contributed by atoms with van der Waals surface area (Å²) in [7, 11) is 1.30. The number of benzene rings is 4. The first-order valence-electron chi connectivity index (χ1n) is 11.1. The van der Waals surface area contributed by atoms with Crippen LogP contribution in [0.3, 0.4) is 0 Å². The third kappa shape index (κ3) is 4.50. The van der Waals surface area contributed by atoms with Crippen molar-refractivity contribution in [1.82, 2.24) is 9.97 Å². The number of hydrogen-bond donors (Lipinski definition) is 1. The fourth-order valence-electron chi connectivity index (χ4n) is 3.86. The maximum atomic E-state index is 13.1. The molecule has 4 aromatic carbocycles. The summed E-state index contributed by atoms with van der Waals surface area (Å²) in [5.74, 6) is -0.885. The summed E-state index contributed by atoms with van der Waals surface area (Å²) in [6.07, 6.45) is 0. The average Bonchev–Trinajstić information content (AvgIpc) is 2.92. The molecule has 6 heteroatoms. The van der Waals surface area contributed by atoms with Crippen LogP contribution in [0.5, 0.6) is 0 Å². The number of carbonyl (C=O) groups is 2. The van der Waals surface area contributed by atoms with Crippen molar-refractivity contribution in [3.63, 3.8) is 0 Å². The molecule has 0 atom stereocenters. The van der Waals surface area contributed by atoms with E-state index in [9.17, 15) is 9.59 Å². The molecule has 5 rings (SSSR count). The monoisotopic (exact) mass is 459 g/mol. The van der Waals surface area contributed by atoms with E-state index in [1.54, 1.807) is 42.5 Å². The van der Waals surface area contributed by atoms with Gasteiger partial charge in [0.1, 0.15) is 0 Å². The molecular weight excluding hydrogens is 438 g/mol. The van der Waals surface area contributed by atoms with Crippen LogP contribution in [-0.4, -0.2) is 29.0 Å². The number of methoxy groups -OCH3 is 1. The zero-order valence-corrected chi connectivity index (χ0v) is 18.9. The fraction of sp³-hybridized carbons (Fsp3) is 0.0345. The van der Waals surface area contributed by atoms with Crippen LogP contribution < -0.4 is 5.32 Å². The summed E-state index contributed by atoms with van der Waals surface area (Å²) in [4.78, 5) is 34.9. The van der Waals surface area contributed by atoms with E-state index in [1.807, 2.05) is 60.7 Å². The third-order valence-electron chi connectivity index (χ3n) is 5.60. The van der Waals surface area contributed by atoms with Gasteiger partial charge in [0.2, 0.25) is 0 Å². The third-order valence-corrected chi connectivity index (χ3v) is 5.60. The Morgan fingerprint density at radius 1 is 0.686 bits per heavy atom. The van der Waals surface area contributed by atoms with E-state index in [4.69, 9.17) is 14.7 Å². The number of fused-ring (bicyclic) bond motifs is 1. The first kappa shape index (κ1) is 22.0. The van der Waals surface area contributed by atoms with Crippen molar-refractivity contribution >= 4 is 28.6 Å². The van der Waals surface area contributed by atoms with Crippen molar-refractivity contribution in [2.75, 3.05) is 12.4 Å². The Morgan fingerprint density at radius 3 is 1.89 bits per heavy atom. The second kappa shape index (κ2) is 9.57. The quantitative estimate of drug-likeness (QED) is 0.326. The van der Waals surface area contributed by atoms with Gasteiger partial charge in [0.15, 0.2) is 0 Å². The summed E-state index contributed by atoms with van der Waals surface area (Å²) < 4.78 is 4.82. The summed E-state index contributed by atoms with van der Waals surface area (Å²) in [6.45, 7) is 0. The van der Waals surface area contributed by atoms with Gasteiger partial charge in [-0.1, -0.05) is 72.8 Å². The zero-order chi connectivity index (χ0) is 24.2. The summed E-state index contributed by atoms with van der Waals surface area (Å²) >= 11 is 0. The zero-order valence-electron chi connectivity index (χ0n) is 18.9. The molecule has 0 aliphatic heterocycles. The molecular formula is C29H21N3O3. The number of ether oxygens (including phenoxy) is 1. The van der Waals surface area contributed by atoms with Crippen LogP contribution in [-0.2, 0) is 4.74 Å². The first-order valence-corrected chi connectivity index (χ1v) is 11.1. The highest BCUT2D eigenvalue weighted by Gasteiger charge is 2.17. The van der Waals surface area contributed by atoms with Gasteiger partial charge in [0.25, 0.3) is 5.91 Å². The highest BCUT2D eigenvalue weighted by atomic mass is 16.5. The molecule has 35 heavy (non-hydrogen) atoms. The van der Waals surface area contributed by atoms with Crippen LogP contribution in [0.4, 0.5) is 5.69 Å². The molecule has 0 bridgehead atoms. The molecule has 1 aromatic heterocycles. The van der Waals surface area contributed by atoms with Gasteiger partial charge in [-0.2, -0.15) is 0 Å². The Morgan fingerprint density at radius 2 is 1.26 bits per heavy atom. The van der Waals surface area contributed by atoms with Gasteiger partial charge in [-0.15, -0.1) is 0 Å². The minimum absolute atomic E-state index is 0.280. The lowest BCUT2D eigenvalue weighted by atomic mass is 10.0. The number of amides is 1. The number of aromatic nitrogens is 2. The van der Waals surface area contributed by atoms with Crippen molar-refractivity contribution < 1.29 is 14.3 Å². The van der Waals surface area contributed by atoms with E-state index in [0.717, 1.165) is 22.5 Å². The predicted octanol–water partition coefficient (Wildman–Crippen LogP) is 6.00. The molecule has 170 valence electrons. The minimum atomic E-state index is -0.522. The van der Waals surface area contributed by atoms with Crippen LogP contribution in [0.25, 0.3) is 33.5 Å². The Hall–Kier alpha value is -4.84. The summed E-state index contributed by atoms with van der Waals surface area (Å²) in [5, 5.41) is 2.80. The number of para-hydroxylation sites is 1. The second-order valence-corrected chi connectivity index (χ2v) is 7.85. The lowest BCUT2D eigenvalue weighted by Gasteiger charge is -2.12. The van der Waals surface area contributed by atoms with E-state index in [1.165, 1.54) is 7.11 Å². The highest BCUT2D eigenvalue weighted by molar-refractivity contribution is 6.09. The molecule has 0 radical (unpaired) electrons. The van der Waals surface area contributed by atoms with Crippen molar-refractivity contribution in [2.24, 2.45) is 0 Å². The molecule has 1 amide bonds. The van der Waals surface area contributed by atoms with Gasteiger partial charge in [-0.3, -0.25) is 4.79 Å². The van der Waals surface area contributed by atoms with Crippen molar-refractivity contribution in [2.45, 2.75) is 0 Å². The van der Waals surface area contributed by atoms with Gasteiger partial charge in [-0.05, 0) is 30.3 Å². The summed E-state index contributed by atoms with van der Waals surface area (Å²) in [5.41, 5.74) is 5.73. The maximum absolute atomic E-state index is 13.1. The van der Waals surface area contributed by atoms with E-state index in [0.29, 0.717) is 22.3 Å². The Kier molecular flexibility index (Phi) is 6.01. The van der Waals surface area contributed by atoms with Crippen LogP contribution in [0.15, 0.2) is 103 Å². The van der Waals surface area contributed by atoms with E-state index in [2.05, 4.69) is 5.32 Å². The number of rotatable bonds is 5. The second-order valence-electron chi connectivity index (χ2n) is 7.85. The first-order chi connectivity index (χ1) is 17.1. The SMILES string of the molecule is COC(=O)c1ccccc1NC(=O)c1ccc2nc(-c3ccccc3)c(-c3ccccc3)nc2c1. The van der Waals surface area contributed by atoms with Crippen molar-refractivity contribution in [1.29, 1.82) is 0 Å². The lowest BCUT2D eigenvalue weighted by molar-refractivity contribution is 0.0602. The molecule has 1 heterocycles. The van der Waals surface area contributed by atoms with Crippen LogP contribution in [0, 0.1) is 0 Å². The number of esters is 1. The average molecular weight is 460 g/mol. The fourth-order valence-corrected chi connectivity index (χ4v) is 3.86. The minimum Gasteiger partial charge on any atom is -0.465 e. The standard InChI is InChI=1S/C29H21N3O3/c1-35-29(34)22-14-8-9-15-23(22)32-28(33)21-16-17-24-25(18-21)31-27(20-12-6-3-7-13-20)26(30-24)19-10-4-2-5-11-19/h2-18H,1H3,(H,32,33). The molecule has 0 spiro atoms. The normalized spacial score (nSPS) is 10.7. The largest absolute Gasteiger partial charge is 0.465 e. The number of carbonyl (C=O) groups excluding carboxylic acids is 2. The molecule has 6 nitrogen and oxygen atoms in total. The molecule has 0 saturated carbocycles. The number of nitrogens with one attached hydrogen (secondary N) is 1. The lowest BCUT2D eigenvalue weighted by Crippen LogP contribution is -2.15. The highest BCUT2D eigenvalue weighted by Crippen LogP contribution is 2.31. The van der Waals surface area contributed by atoms with Crippen molar-refractivity contribution in [3.05, 3.63) is 114 Å². The summed E-state index contributed by atoms with van der Waals surface area (Å²) in [6, 6.07) is 31.6. The number of hydrogen-bond acceptors (Lipinski definition) is 5. The van der Waals surface area contributed by atoms with Crippen LogP contribution in [0.2, 0.25) is 0 Å². The van der Waals surface area contributed by atoms with Gasteiger partial charge >= 0.3 is 5.97 Å². The van der Waals surface area contributed by atoms with E-state index >= 15 is 0 Å². The van der Waals surface area contributed by atoms with Crippen LogP contribution in [0.1, 0.15) is 20.7 Å². The van der Waals surface area contributed by atoms with Gasteiger partial charge < -0.3 is 10.1 Å². The van der Waals surface area contributed by atoms with E-state index < -0.39 is 5.97 Å². The predicted molar refractivity (Wildman–Crippen MR) is 136 cm³/mol. The molecule has 0 unspecified atom stereocenters. The Labute approximate surface area is 202 Å². The molecule has 1 N–H and O–H groups in total. The van der Waals surface area contributed by atoms with Crippen molar-refractivity contribution in [3.8, 4) is 22.5 Å². The maximum Gasteiger partial charge on any atom is 0.339 e. The molecule has 0 aliphatic rings. The van der Waals surface area contributed by atoms with Gasteiger partial charge in [0.05, 0.1) is 40.8 Å². The van der Waals surface area contributed by atoms with Crippen LogP contribution >= 0.6 is 0 Å². The Bertz CT molecular complexity index is 1530.